The van der Waals surface area contributed by atoms with Crippen molar-refractivity contribution in [3.8, 4) is 11.5 Å². The minimum Gasteiger partial charge on any atom is -0.448 e. The molecule has 0 aromatic heterocycles. The van der Waals surface area contributed by atoms with Gasteiger partial charge in [0.15, 0.2) is 11.5 Å². The number of amides is 1. The molecular weight excluding hydrogens is 392 g/mol. The Labute approximate surface area is 170 Å². The number of carbonyl (C=O) groups excluding carboxylic acids is 1. The van der Waals surface area contributed by atoms with Gasteiger partial charge in [0.2, 0.25) is 15.9 Å². The van der Waals surface area contributed by atoms with Gasteiger partial charge in [-0.15, -0.1) is 0 Å². The molecule has 0 saturated heterocycles. The first-order valence-corrected chi connectivity index (χ1v) is 11.1. The summed E-state index contributed by atoms with van der Waals surface area (Å²) in [4.78, 5) is 12.6. The molecule has 2 aromatic carbocycles. The van der Waals surface area contributed by atoms with Gasteiger partial charge in [0.1, 0.15) is 0 Å². The number of anilines is 1. The van der Waals surface area contributed by atoms with Crippen LogP contribution < -0.4 is 14.8 Å². The van der Waals surface area contributed by atoms with E-state index in [2.05, 4.69) is 5.32 Å². The van der Waals surface area contributed by atoms with Gasteiger partial charge in [-0.25, -0.2) is 8.42 Å². The Morgan fingerprint density at radius 3 is 2.41 bits per heavy atom. The highest BCUT2D eigenvalue weighted by Gasteiger charge is 2.44. The van der Waals surface area contributed by atoms with Crippen LogP contribution in [0.3, 0.4) is 0 Å². The third kappa shape index (κ3) is 3.95. The second kappa shape index (κ2) is 7.35. The van der Waals surface area contributed by atoms with Crippen molar-refractivity contribution in [2.24, 2.45) is 0 Å². The molecule has 1 amide bonds. The van der Waals surface area contributed by atoms with E-state index in [1.807, 2.05) is 6.92 Å². The van der Waals surface area contributed by atoms with Crippen molar-refractivity contribution in [1.29, 1.82) is 0 Å². The van der Waals surface area contributed by atoms with Crippen LogP contribution in [0.2, 0.25) is 0 Å². The molecule has 0 bridgehead atoms. The van der Waals surface area contributed by atoms with Gasteiger partial charge in [-0.05, 0) is 44.0 Å². The van der Waals surface area contributed by atoms with Crippen LogP contribution in [0.1, 0.15) is 31.2 Å². The Morgan fingerprint density at radius 1 is 1.07 bits per heavy atom. The summed E-state index contributed by atoms with van der Waals surface area (Å²) in [6.45, 7) is 1.59. The summed E-state index contributed by atoms with van der Waals surface area (Å²) in [6.07, 6.45) is 3.84. The van der Waals surface area contributed by atoms with E-state index >= 15 is 0 Å². The molecule has 1 spiro atoms. The number of aryl methyl sites for hydroxylation is 1. The Bertz CT molecular complexity index is 1030. The molecular formula is C21H24N2O5S. The molecule has 1 aliphatic carbocycles. The van der Waals surface area contributed by atoms with Gasteiger partial charge in [-0.3, -0.25) is 4.79 Å². The normalized spacial score (nSPS) is 17.1. The van der Waals surface area contributed by atoms with E-state index in [1.54, 1.807) is 30.3 Å². The fourth-order valence-corrected chi connectivity index (χ4v) is 4.79. The fourth-order valence-electron chi connectivity index (χ4n) is 3.67. The number of nitrogens with one attached hydrogen (secondary N) is 1. The number of nitrogens with zero attached hydrogens (tertiary/aromatic N) is 1. The summed E-state index contributed by atoms with van der Waals surface area (Å²) in [6, 6.07) is 11.7. The molecule has 2 aliphatic rings. The van der Waals surface area contributed by atoms with E-state index in [0.29, 0.717) is 17.2 Å². The fraction of sp³-hybridized carbons (Fsp3) is 0.381. The van der Waals surface area contributed by atoms with Crippen LogP contribution in [0.4, 0.5) is 5.69 Å². The molecule has 1 saturated carbocycles. The van der Waals surface area contributed by atoms with E-state index in [1.165, 1.54) is 19.2 Å². The van der Waals surface area contributed by atoms with Crippen molar-refractivity contribution in [1.82, 2.24) is 4.31 Å². The van der Waals surface area contributed by atoms with Crippen LogP contribution in [-0.2, 0) is 14.8 Å². The minimum atomic E-state index is -3.74. The third-order valence-corrected chi connectivity index (χ3v) is 7.10. The zero-order chi connectivity index (χ0) is 20.6. The summed E-state index contributed by atoms with van der Waals surface area (Å²) in [7, 11) is -2.35. The SMILES string of the molecule is Cc1ccc(S(=O)(=O)N(C)CC(=O)Nc2ccc3c(c2)OC2(CCCC2)O3)cc1. The largest absolute Gasteiger partial charge is 0.448 e. The lowest BCUT2D eigenvalue weighted by atomic mass is 10.2. The van der Waals surface area contributed by atoms with Crippen LogP contribution in [-0.4, -0.2) is 38.0 Å². The molecule has 1 heterocycles. The average molecular weight is 416 g/mol. The quantitative estimate of drug-likeness (QED) is 0.808. The lowest BCUT2D eigenvalue weighted by Gasteiger charge is -2.21. The van der Waals surface area contributed by atoms with Crippen molar-refractivity contribution in [3.05, 3.63) is 48.0 Å². The molecule has 1 fully saturated rings. The first-order chi connectivity index (χ1) is 13.8. The Hall–Kier alpha value is -2.58. The van der Waals surface area contributed by atoms with Gasteiger partial charge in [0.05, 0.1) is 11.4 Å². The molecule has 1 N–H and O–H groups in total. The van der Waals surface area contributed by atoms with Crippen molar-refractivity contribution < 1.29 is 22.7 Å². The standard InChI is InChI=1S/C21H24N2O5S/c1-15-5-8-17(9-6-15)29(25,26)23(2)14-20(24)22-16-7-10-18-19(13-16)28-21(27-18)11-3-4-12-21/h5-10,13H,3-4,11-12,14H2,1-2H3,(H,22,24). The predicted molar refractivity (Wildman–Crippen MR) is 109 cm³/mol. The van der Waals surface area contributed by atoms with Crippen LogP contribution in [0.15, 0.2) is 47.4 Å². The maximum atomic E-state index is 12.6. The monoisotopic (exact) mass is 416 g/mol. The highest BCUT2D eigenvalue weighted by atomic mass is 32.2. The van der Waals surface area contributed by atoms with Gasteiger partial charge in [-0.2, -0.15) is 4.31 Å². The molecule has 154 valence electrons. The molecule has 4 rings (SSSR count). The average Bonchev–Trinajstić information content (AvgIpc) is 3.27. The molecule has 29 heavy (non-hydrogen) atoms. The van der Waals surface area contributed by atoms with Crippen LogP contribution in [0.25, 0.3) is 0 Å². The number of ether oxygens (including phenoxy) is 2. The predicted octanol–water partition coefficient (Wildman–Crippen LogP) is 3.30. The van der Waals surface area contributed by atoms with Gasteiger partial charge in [0, 0.05) is 31.6 Å². The van der Waals surface area contributed by atoms with Crippen LogP contribution in [0.5, 0.6) is 11.5 Å². The van der Waals surface area contributed by atoms with E-state index in [-0.39, 0.29) is 11.4 Å². The first kappa shape index (κ1) is 19.7. The molecule has 0 radical (unpaired) electrons. The van der Waals surface area contributed by atoms with Gasteiger partial charge >= 0.3 is 0 Å². The Balaban J connectivity index is 1.41. The first-order valence-electron chi connectivity index (χ1n) is 9.62. The van der Waals surface area contributed by atoms with E-state index in [4.69, 9.17) is 9.47 Å². The number of benzene rings is 2. The van der Waals surface area contributed by atoms with Gasteiger partial charge in [0.25, 0.3) is 5.79 Å². The maximum Gasteiger partial charge on any atom is 0.251 e. The second-order valence-electron chi connectivity index (χ2n) is 7.61. The number of rotatable bonds is 5. The summed E-state index contributed by atoms with van der Waals surface area (Å²) in [5.41, 5.74) is 1.50. The Morgan fingerprint density at radius 2 is 1.72 bits per heavy atom. The van der Waals surface area contributed by atoms with Crippen LogP contribution >= 0.6 is 0 Å². The van der Waals surface area contributed by atoms with E-state index in [0.717, 1.165) is 35.6 Å². The van der Waals surface area contributed by atoms with E-state index < -0.39 is 21.7 Å². The second-order valence-corrected chi connectivity index (χ2v) is 9.65. The van der Waals surface area contributed by atoms with Gasteiger partial charge < -0.3 is 14.8 Å². The van der Waals surface area contributed by atoms with Crippen molar-refractivity contribution in [3.63, 3.8) is 0 Å². The molecule has 8 heteroatoms. The summed E-state index contributed by atoms with van der Waals surface area (Å²) in [5, 5.41) is 2.73. The minimum absolute atomic E-state index is 0.156. The topological polar surface area (TPSA) is 84.9 Å². The van der Waals surface area contributed by atoms with Crippen molar-refractivity contribution in [2.45, 2.75) is 43.3 Å². The molecule has 0 atom stereocenters. The molecule has 1 aliphatic heterocycles. The number of likely N-dealkylation sites (N-methyl/N-ethyl adjacent to an activating group) is 1. The van der Waals surface area contributed by atoms with Gasteiger partial charge in [-0.1, -0.05) is 17.7 Å². The van der Waals surface area contributed by atoms with Crippen LogP contribution in [0, 0.1) is 6.92 Å². The van der Waals surface area contributed by atoms with Crippen molar-refractivity contribution in [2.75, 3.05) is 18.9 Å². The smallest absolute Gasteiger partial charge is 0.251 e. The Kier molecular flexibility index (Phi) is 5.00. The number of fused-ring (bicyclic) bond motifs is 1. The maximum absolute atomic E-state index is 12.6. The number of sulfonamides is 1. The van der Waals surface area contributed by atoms with Crippen molar-refractivity contribution >= 4 is 21.6 Å². The lowest BCUT2D eigenvalue weighted by molar-refractivity contribution is -0.116. The highest BCUT2D eigenvalue weighted by molar-refractivity contribution is 7.89. The molecule has 7 nitrogen and oxygen atoms in total. The molecule has 0 unspecified atom stereocenters. The highest BCUT2D eigenvalue weighted by Crippen LogP contribution is 2.47. The summed E-state index contributed by atoms with van der Waals surface area (Å²) < 4.78 is 38.3. The zero-order valence-corrected chi connectivity index (χ0v) is 17.3. The number of hydrogen-bond donors (Lipinski definition) is 1. The van der Waals surface area contributed by atoms with E-state index in [9.17, 15) is 13.2 Å². The third-order valence-electron chi connectivity index (χ3n) is 5.28. The summed E-state index contributed by atoms with van der Waals surface area (Å²) >= 11 is 0. The lowest BCUT2D eigenvalue weighted by Crippen LogP contribution is -2.35. The summed E-state index contributed by atoms with van der Waals surface area (Å²) in [5.74, 6) is 0.278. The number of hydrogen-bond acceptors (Lipinski definition) is 5. The molecule has 2 aromatic rings. The zero-order valence-electron chi connectivity index (χ0n) is 16.5. The number of carbonyl (C=O) groups is 1.